The van der Waals surface area contributed by atoms with Crippen LogP contribution < -0.4 is 10.0 Å². The first-order chi connectivity index (χ1) is 19.3. The summed E-state index contributed by atoms with van der Waals surface area (Å²) < 4.78 is 11.8. The molecule has 1 unspecified atom stereocenters. The number of para-hydroxylation sites is 4. The highest BCUT2D eigenvalue weighted by Crippen LogP contribution is 2.33. The summed E-state index contributed by atoms with van der Waals surface area (Å²) in [5, 5.41) is 22.5. The molecule has 190 valence electrons. The average molecular weight is 512 g/mol. The summed E-state index contributed by atoms with van der Waals surface area (Å²) in [4.78, 5) is 0. The van der Waals surface area contributed by atoms with E-state index in [2.05, 4.69) is 0 Å². The standard InChI is InChI=1S/C32H25N5O2/c33-32-30(35-37(26-18-9-3-10-19-26)27-20-11-4-12-21-27)29(31(39-32)28-22-13-23-38-28)34-36(24-14-5-1-6-15-24)25-16-7-2-8-17-25/h1-23,31,33H. The van der Waals surface area contributed by atoms with Crippen molar-refractivity contribution in [2.24, 2.45) is 10.2 Å². The van der Waals surface area contributed by atoms with E-state index in [4.69, 9.17) is 24.8 Å². The third kappa shape index (κ3) is 5.06. The lowest BCUT2D eigenvalue weighted by molar-refractivity contribution is 0.240. The molecule has 5 aromatic rings. The molecule has 2 heterocycles. The Balaban J connectivity index is 1.54. The molecule has 7 heteroatoms. The van der Waals surface area contributed by atoms with Crippen molar-refractivity contribution < 1.29 is 9.15 Å². The van der Waals surface area contributed by atoms with Crippen molar-refractivity contribution in [3.63, 3.8) is 0 Å². The summed E-state index contributed by atoms with van der Waals surface area (Å²) in [7, 11) is 0. The van der Waals surface area contributed by atoms with Gasteiger partial charge < -0.3 is 9.15 Å². The fraction of sp³-hybridized carbons (Fsp3) is 0.0312. The lowest BCUT2D eigenvalue weighted by atomic mass is 10.1. The maximum Gasteiger partial charge on any atom is 0.237 e. The van der Waals surface area contributed by atoms with E-state index in [-0.39, 0.29) is 5.90 Å². The molecule has 1 aromatic heterocycles. The van der Waals surface area contributed by atoms with Crippen molar-refractivity contribution in [3.05, 3.63) is 145 Å². The Labute approximate surface area is 226 Å². The molecule has 1 N–H and O–H groups in total. The number of benzene rings is 4. The Morgan fingerprint density at radius 2 is 0.974 bits per heavy atom. The van der Waals surface area contributed by atoms with Crippen LogP contribution in [0.1, 0.15) is 11.9 Å². The Kier molecular flexibility index (Phi) is 6.69. The van der Waals surface area contributed by atoms with Gasteiger partial charge in [0.1, 0.15) is 5.71 Å². The van der Waals surface area contributed by atoms with Gasteiger partial charge in [0.15, 0.2) is 11.5 Å². The first-order valence-electron chi connectivity index (χ1n) is 12.5. The summed E-state index contributed by atoms with van der Waals surface area (Å²) in [6, 6.07) is 42.9. The highest BCUT2D eigenvalue weighted by atomic mass is 16.5. The summed E-state index contributed by atoms with van der Waals surface area (Å²) in [6.45, 7) is 0. The maximum absolute atomic E-state index is 8.82. The number of ether oxygens (including phenoxy) is 1. The van der Waals surface area contributed by atoms with Crippen LogP contribution in [0.15, 0.2) is 154 Å². The average Bonchev–Trinajstić information content (AvgIpc) is 3.64. The second-order valence-electron chi connectivity index (χ2n) is 8.74. The molecule has 7 nitrogen and oxygen atoms in total. The van der Waals surface area contributed by atoms with Gasteiger partial charge in [0.25, 0.3) is 0 Å². The predicted octanol–water partition coefficient (Wildman–Crippen LogP) is 7.72. The topological polar surface area (TPSA) is 77.4 Å². The zero-order valence-electron chi connectivity index (χ0n) is 21.0. The Bertz CT molecular complexity index is 1510. The minimum absolute atomic E-state index is 0.0897. The van der Waals surface area contributed by atoms with Crippen molar-refractivity contribution in [1.29, 1.82) is 5.41 Å². The molecule has 1 saturated heterocycles. The van der Waals surface area contributed by atoms with Gasteiger partial charge in [-0.05, 0) is 60.7 Å². The number of hydrogen-bond donors (Lipinski definition) is 1. The van der Waals surface area contributed by atoms with Crippen molar-refractivity contribution in [2.45, 2.75) is 6.10 Å². The van der Waals surface area contributed by atoms with E-state index in [0.717, 1.165) is 22.7 Å². The third-order valence-electron chi connectivity index (χ3n) is 6.15. The van der Waals surface area contributed by atoms with Gasteiger partial charge in [-0.25, -0.2) is 10.0 Å². The molecule has 0 saturated carbocycles. The predicted molar refractivity (Wildman–Crippen MR) is 155 cm³/mol. The number of hydrogen-bond acceptors (Lipinski definition) is 7. The van der Waals surface area contributed by atoms with Crippen molar-refractivity contribution in [1.82, 2.24) is 0 Å². The smallest absolute Gasteiger partial charge is 0.237 e. The molecule has 1 atom stereocenters. The van der Waals surface area contributed by atoms with Crippen LogP contribution in [0, 0.1) is 5.41 Å². The molecule has 6 rings (SSSR count). The quantitative estimate of drug-likeness (QED) is 0.227. The van der Waals surface area contributed by atoms with E-state index in [9.17, 15) is 0 Å². The molecule has 0 bridgehead atoms. The summed E-state index contributed by atoms with van der Waals surface area (Å²) in [5.41, 5.74) is 4.16. The number of rotatable bonds is 7. The number of anilines is 4. The zero-order chi connectivity index (χ0) is 26.4. The highest BCUT2D eigenvalue weighted by Gasteiger charge is 2.40. The molecular weight excluding hydrogens is 486 g/mol. The van der Waals surface area contributed by atoms with Crippen LogP contribution in [0.4, 0.5) is 22.7 Å². The normalized spacial score (nSPS) is 16.8. The van der Waals surface area contributed by atoms with E-state index in [0.29, 0.717) is 17.2 Å². The Morgan fingerprint density at radius 3 is 1.38 bits per heavy atom. The lowest BCUT2D eigenvalue weighted by Gasteiger charge is -2.22. The van der Waals surface area contributed by atoms with Crippen LogP contribution in [-0.2, 0) is 4.74 Å². The molecule has 1 fully saturated rings. The van der Waals surface area contributed by atoms with Gasteiger partial charge in [-0.15, -0.1) is 0 Å². The minimum atomic E-state index is -0.741. The van der Waals surface area contributed by atoms with Gasteiger partial charge in [0.05, 0.1) is 29.0 Å². The fourth-order valence-corrected chi connectivity index (χ4v) is 4.31. The van der Waals surface area contributed by atoms with Crippen LogP contribution in [0.5, 0.6) is 0 Å². The monoisotopic (exact) mass is 511 g/mol. The van der Waals surface area contributed by atoms with Gasteiger partial charge in [-0.3, -0.25) is 5.41 Å². The highest BCUT2D eigenvalue weighted by molar-refractivity contribution is 6.69. The van der Waals surface area contributed by atoms with Crippen molar-refractivity contribution in [3.8, 4) is 0 Å². The van der Waals surface area contributed by atoms with Gasteiger partial charge in [-0.2, -0.15) is 10.2 Å². The number of nitrogens with one attached hydrogen (secondary N) is 1. The van der Waals surface area contributed by atoms with E-state index < -0.39 is 6.10 Å². The minimum Gasteiger partial charge on any atom is -0.465 e. The molecular formula is C32H25N5O2. The van der Waals surface area contributed by atoms with Gasteiger partial charge in [-0.1, -0.05) is 72.8 Å². The molecule has 39 heavy (non-hydrogen) atoms. The van der Waals surface area contributed by atoms with Crippen LogP contribution in [-0.4, -0.2) is 17.3 Å². The van der Waals surface area contributed by atoms with Gasteiger partial charge in [0.2, 0.25) is 12.0 Å². The largest absolute Gasteiger partial charge is 0.465 e. The van der Waals surface area contributed by atoms with Crippen molar-refractivity contribution in [2.75, 3.05) is 10.0 Å². The zero-order valence-corrected chi connectivity index (χ0v) is 21.0. The lowest BCUT2D eigenvalue weighted by Crippen LogP contribution is -2.25. The second kappa shape index (κ2) is 10.9. The fourth-order valence-electron chi connectivity index (χ4n) is 4.31. The van der Waals surface area contributed by atoms with Crippen LogP contribution in [0.3, 0.4) is 0 Å². The first kappa shape index (κ1) is 23.9. The SMILES string of the molecule is N=C1OC(c2ccco2)C(=NN(c2ccccc2)c2ccccc2)C1=NN(c1ccccc1)c1ccccc1. The molecule has 0 aliphatic carbocycles. The Hall–Kier alpha value is -5.43. The maximum atomic E-state index is 8.82. The molecule has 4 aromatic carbocycles. The molecule has 0 amide bonds. The van der Waals surface area contributed by atoms with Crippen LogP contribution in [0.25, 0.3) is 0 Å². The molecule has 1 aliphatic rings. The van der Waals surface area contributed by atoms with E-state index in [1.165, 1.54) is 0 Å². The third-order valence-corrected chi connectivity index (χ3v) is 6.15. The molecule has 0 radical (unpaired) electrons. The summed E-state index contributed by atoms with van der Waals surface area (Å²) in [5.74, 6) is 0.448. The summed E-state index contributed by atoms with van der Waals surface area (Å²) in [6.07, 6.45) is 0.844. The van der Waals surface area contributed by atoms with Crippen LogP contribution in [0.2, 0.25) is 0 Å². The van der Waals surface area contributed by atoms with E-state index >= 15 is 0 Å². The van der Waals surface area contributed by atoms with E-state index in [1.807, 2.05) is 132 Å². The number of nitrogens with zero attached hydrogens (tertiary/aromatic N) is 4. The van der Waals surface area contributed by atoms with Crippen molar-refractivity contribution >= 4 is 40.1 Å². The summed E-state index contributed by atoms with van der Waals surface area (Å²) >= 11 is 0. The Morgan fingerprint density at radius 1 is 0.538 bits per heavy atom. The number of furan rings is 1. The van der Waals surface area contributed by atoms with Crippen LogP contribution >= 0.6 is 0 Å². The molecule has 0 spiro atoms. The second-order valence-corrected chi connectivity index (χ2v) is 8.74. The van der Waals surface area contributed by atoms with Gasteiger partial charge in [0, 0.05) is 0 Å². The van der Waals surface area contributed by atoms with Gasteiger partial charge >= 0.3 is 0 Å². The first-order valence-corrected chi connectivity index (χ1v) is 12.5. The van der Waals surface area contributed by atoms with E-state index in [1.54, 1.807) is 17.3 Å². The number of hydrazone groups is 2. The molecule has 1 aliphatic heterocycles.